The smallest absolute Gasteiger partial charge is 0.0703 e. The summed E-state index contributed by atoms with van der Waals surface area (Å²) in [5, 5.41) is 12.6. The van der Waals surface area contributed by atoms with E-state index in [1.807, 2.05) is 6.07 Å². The Labute approximate surface area is 96.2 Å². The van der Waals surface area contributed by atoms with Gasteiger partial charge in [0.2, 0.25) is 0 Å². The van der Waals surface area contributed by atoms with Gasteiger partial charge in [0.1, 0.15) is 0 Å². The van der Waals surface area contributed by atoms with Crippen molar-refractivity contribution in [3.05, 3.63) is 36.2 Å². The summed E-state index contributed by atoms with van der Waals surface area (Å²) in [4.78, 5) is 4.07. The van der Waals surface area contributed by atoms with Crippen LogP contribution >= 0.6 is 0 Å². The standard InChI is InChI=1S/C13H18N2O/c16-10-12-6-7-14-9-13(12)15-8-11-4-2-1-3-5-11/h1-2,6-7,9,11,15-16H,3-5,8,10H2. The molecule has 1 heterocycles. The van der Waals surface area contributed by atoms with Crippen molar-refractivity contribution in [2.75, 3.05) is 11.9 Å². The zero-order valence-electron chi connectivity index (χ0n) is 9.39. The molecule has 16 heavy (non-hydrogen) atoms. The second-order valence-corrected chi connectivity index (χ2v) is 4.22. The molecule has 2 rings (SSSR count). The summed E-state index contributed by atoms with van der Waals surface area (Å²) in [5.74, 6) is 0.705. The van der Waals surface area contributed by atoms with E-state index in [2.05, 4.69) is 22.5 Å². The lowest BCUT2D eigenvalue weighted by molar-refractivity contribution is 0.282. The first-order valence-electron chi connectivity index (χ1n) is 5.82. The van der Waals surface area contributed by atoms with Gasteiger partial charge in [-0.1, -0.05) is 12.2 Å². The molecule has 0 aliphatic heterocycles. The van der Waals surface area contributed by atoms with E-state index in [1.165, 1.54) is 12.8 Å². The fourth-order valence-electron chi connectivity index (χ4n) is 2.02. The molecule has 0 saturated heterocycles. The van der Waals surface area contributed by atoms with Crippen LogP contribution in [-0.2, 0) is 6.61 Å². The van der Waals surface area contributed by atoms with Gasteiger partial charge in [-0.25, -0.2) is 0 Å². The van der Waals surface area contributed by atoms with Crippen molar-refractivity contribution >= 4 is 5.69 Å². The van der Waals surface area contributed by atoms with Crippen LogP contribution < -0.4 is 5.32 Å². The van der Waals surface area contributed by atoms with Crippen LogP contribution in [0.4, 0.5) is 5.69 Å². The Morgan fingerprint density at radius 2 is 2.38 bits per heavy atom. The molecule has 0 spiro atoms. The first kappa shape index (κ1) is 11.1. The number of rotatable bonds is 4. The predicted molar refractivity (Wildman–Crippen MR) is 65.1 cm³/mol. The number of pyridine rings is 1. The SMILES string of the molecule is OCc1ccncc1NCC1CC=CCC1. The molecule has 86 valence electrons. The van der Waals surface area contributed by atoms with Gasteiger partial charge in [-0.15, -0.1) is 0 Å². The van der Waals surface area contributed by atoms with Gasteiger partial charge in [0.25, 0.3) is 0 Å². The highest BCUT2D eigenvalue weighted by Crippen LogP contribution is 2.20. The monoisotopic (exact) mass is 218 g/mol. The topological polar surface area (TPSA) is 45.2 Å². The molecular weight excluding hydrogens is 200 g/mol. The fraction of sp³-hybridized carbons (Fsp3) is 0.462. The summed E-state index contributed by atoms with van der Waals surface area (Å²) in [5.41, 5.74) is 1.88. The molecule has 2 N–H and O–H groups in total. The molecule has 1 aromatic rings. The van der Waals surface area contributed by atoms with Gasteiger partial charge in [-0.05, 0) is 31.2 Å². The van der Waals surface area contributed by atoms with Crippen LogP contribution in [0.25, 0.3) is 0 Å². The number of nitrogens with one attached hydrogen (secondary N) is 1. The molecule has 1 aliphatic rings. The highest BCUT2D eigenvalue weighted by Gasteiger charge is 2.10. The van der Waals surface area contributed by atoms with E-state index in [1.54, 1.807) is 12.4 Å². The van der Waals surface area contributed by atoms with Crippen LogP contribution in [0.5, 0.6) is 0 Å². The number of aliphatic hydroxyl groups excluding tert-OH is 1. The van der Waals surface area contributed by atoms with Gasteiger partial charge < -0.3 is 10.4 Å². The van der Waals surface area contributed by atoms with E-state index in [0.29, 0.717) is 5.92 Å². The van der Waals surface area contributed by atoms with Crippen molar-refractivity contribution in [2.24, 2.45) is 5.92 Å². The maximum atomic E-state index is 9.18. The van der Waals surface area contributed by atoms with Gasteiger partial charge in [-0.2, -0.15) is 0 Å². The molecule has 0 amide bonds. The van der Waals surface area contributed by atoms with E-state index >= 15 is 0 Å². The Morgan fingerprint density at radius 3 is 3.12 bits per heavy atom. The van der Waals surface area contributed by atoms with Crippen molar-refractivity contribution in [3.63, 3.8) is 0 Å². The Morgan fingerprint density at radius 1 is 1.44 bits per heavy atom. The van der Waals surface area contributed by atoms with Crippen LogP contribution in [0.2, 0.25) is 0 Å². The van der Waals surface area contributed by atoms with Gasteiger partial charge in [0, 0.05) is 18.3 Å². The average molecular weight is 218 g/mol. The van der Waals surface area contributed by atoms with E-state index < -0.39 is 0 Å². The number of aliphatic hydroxyl groups is 1. The number of aromatic nitrogens is 1. The molecule has 1 aromatic heterocycles. The second-order valence-electron chi connectivity index (χ2n) is 4.22. The Hall–Kier alpha value is -1.35. The van der Waals surface area contributed by atoms with Crippen molar-refractivity contribution in [3.8, 4) is 0 Å². The molecule has 3 nitrogen and oxygen atoms in total. The summed E-state index contributed by atoms with van der Waals surface area (Å²) >= 11 is 0. The number of allylic oxidation sites excluding steroid dienone is 2. The predicted octanol–water partition coefficient (Wildman–Crippen LogP) is 2.34. The number of hydrogen-bond acceptors (Lipinski definition) is 3. The third kappa shape index (κ3) is 2.83. The first-order valence-corrected chi connectivity index (χ1v) is 5.82. The van der Waals surface area contributed by atoms with E-state index in [9.17, 15) is 5.11 Å². The average Bonchev–Trinajstić information content (AvgIpc) is 2.38. The minimum absolute atomic E-state index is 0.0649. The number of nitrogens with zero attached hydrogens (tertiary/aromatic N) is 1. The van der Waals surface area contributed by atoms with Gasteiger partial charge in [-0.3, -0.25) is 4.98 Å². The summed E-state index contributed by atoms with van der Waals surface area (Å²) < 4.78 is 0. The zero-order chi connectivity index (χ0) is 11.2. The molecule has 0 fully saturated rings. The van der Waals surface area contributed by atoms with Crippen LogP contribution in [0.15, 0.2) is 30.6 Å². The van der Waals surface area contributed by atoms with Gasteiger partial charge >= 0.3 is 0 Å². The maximum absolute atomic E-state index is 9.18. The van der Waals surface area contributed by atoms with E-state index in [0.717, 1.165) is 24.2 Å². The molecule has 0 saturated carbocycles. The number of hydrogen-bond donors (Lipinski definition) is 2. The van der Waals surface area contributed by atoms with Crippen molar-refractivity contribution < 1.29 is 5.11 Å². The largest absolute Gasteiger partial charge is 0.392 e. The quantitative estimate of drug-likeness (QED) is 0.762. The van der Waals surface area contributed by atoms with Crippen molar-refractivity contribution in [2.45, 2.75) is 25.9 Å². The van der Waals surface area contributed by atoms with Crippen LogP contribution in [0, 0.1) is 5.92 Å². The lowest BCUT2D eigenvalue weighted by Gasteiger charge is -2.19. The second kappa shape index (κ2) is 5.66. The summed E-state index contributed by atoms with van der Waals surface area (Å²) in [6.07, 6.45) is 11.6. The zero-order valence-corrected chi connectivity index (χ0v) is 9.39. The minimum atomic E-state index is 0.0649. The molecule has 0 aromatic carbocycles. The van der Waals surface area contributed by atoms with Crippen molar-refractivity contribution in [1.29, 1.82) is 0 Å². The third-order valence-electron chi connectivity index (χ3n) is 3.04. The van der Waals surface area contributed by atoms with Crippen molar-refractivity contribution in [1.82, 2.24) is 4.98 Å². The van der Waals surface area contributed by atoms with E-state index in [-0.39, 0.29) is 6.61 Å². The van der Waals surface area contributed by atoms with E-state index in [4.69, 9.17) is 0 Å². The summed E-state index contributed by atoms with van der Waals surface area (Å²) in [6, 6.07) is 1.85. The Balaban J connectivity index is 1.91. The molecular formula is C13H18N2O. The maximum Gasteiger partial charge on any atom is 0.0703 e. The van der Waals surface area contributed by atoms with Crippen LogP contribution in [0.3, 0.4) is 0 Å². The first-order chi connectivity index (χ1) is 7.90. The highest BCUT2D eigenvalue weighted by atomic mass is 16.3. The van der Waals surface area contributed by atoms with Crippen LogP contribution in [-0.4, -0.2) is 16.6 Å². The molecule has 3 heteroatoms. The fourth-order valence-corrected chi connectivity index (χ4v) is 2.02. The third-order valence-corrected chi connectivity index (χ3v) is 3.04. The lowest BCUT2D eigenvalue weighted by atomic mass is 9.94. The minimum Gasteiger partial charge on any atom is -0.392 e. The molecule has 0 radical (unpaired) electrons. The molecule has 0 bridgehead atoms. The Bertz CT molecular complexity index is 363. The lowest BCUT2D eigenvalue weighted by Crippen LogP contribution is -2.16. The van der Waals surface area contributed by atoms with Gasteiger partial charge in [0.15, 0.2) is 0 Å². The Kier molecular flexibility index (Phi) is 3.94. The molecule has 1 aliphatic carbocycles. The summed E-state index contributed by atoms with van der Waals surface area (Å²) in [7, 11) is 0. The molecule has 1 atom stereocenters. The number of anilines is 1. The van der Waals surface area contributed by atoms with Gasteiger partial charge in [0.05, 0.1) is 18.5 Å². The summed E-state index contributed by atoms with van der Waals surface area (Å²) in [6.45, 7) is 1.03. The highest BCUT2D eigenvalue weighted by molar-refractivity contribution is 5.48. The van der Waals surface area contributed by atoms with Crippen LogP contribution in [0.1, 0.15) is 24.8 Å². The molecule has 1 unspecified atom stereocenters. The normalized spacial score (nSPS) is 19.7.